The maximum Gasteiger partial charge on any atom is 0.244 e. The predicted molar refractivity (Wildman–Crippen MR) is 78.6 cm³/mol. The number of benzene rings is 1. The van der Waals surface area contributed by atoms with Gasteiger partial charge in [0.2, 0.25) is 5.91 Å². The topological polar surface area (TPSA) is 52.9 Å². The molecule has 1 aromatic carbocycles. The molecule has 0 atom stereocenters. The smallest absolute Gasteiger partial charge is 0.244 e. The molecule has 0 unspecified atom stereocenters. The summed E-state index contributed by atoms with van der Waals surface area (Å²) in [6.45, 7) is 1.97. The Bertz CT molecular complexity index is 527. The van der Waals surface area contributed by atoms with Crippen LogP contribution in [0.4, 0.5) is 5.69 Å². The summed E-state index contributed by atoms with van der Waals surface area (Å²) < 4.78 is 1.01. The molecule has 3 nitrogen and oxygen atoms in total. The van der Waals surface area contributed by atoms with Crippen LogP contribution in [0.3, 0.4) is 0 Å². The molecule has 0 heterocycles. The highest BCUT2D eigenvalue weighted by Crippen LogP contribution is 2.36. The summed E-state index contributed by atoms with van der Waals surface area (Å²) >= 11 is 3.43. The van der Waals surface area contributed by atoms with Gasteiger partial charge in [0.1, 0.15) is 5.41 Å². The monoisotopic (exact) mass is 320 g/mol. The van der Waals surface area contributed by atoms with E-state index in [9.17, 15) is 10.1 Å². The molecule has 0 bridgehead atoms. The van der Waals surface area contributed by atoms with Gasteiger partial charge in [-0.25, -0.2) is 0 Å². The molecule has 0 saturated heterocycles. The van der Waals surface area contributed by atoms with Crippen molar-refractivity contribution < 1.29 is 4.79 Å². The third kappa shape index (κ3) is 2.98. The van der Waals surface area contributed by atoms with E-state index in [1.807, 2.05) is 25.1 Å². The number of hydrogen-bond acceptors (Lipinski definition) is 2. The van der Waals surface area contributed by atoms with Gasteiger partial charge in [-0.1, -0.05) is 35.2 Å². The first-order chi connectivity index (χ1) is 9.07. The maximum absolute atomic E-state index is 12.4. The van der Waals surface area contributed by atoms with E-state index < -0.39 is 5.41 Å². The Morgan fingerprint density at radius 3 is 2.63 bits per heavy atom. The van der Waals surface area contributed by atoms with Gasteiger partial charge >= 0.3 is 0 Å². The third-order valence-corrected chi connectivity index (χ3v) is 4.66. The third-order valence-electron chi connectivity index (χ3n) is 3.77. The lowest BCUT2D eigenvalue weighted by atomic mass is 9.74. The van der Waals surface area contributed by atoms with Gasteiger partial charge in [0, 0.05) is 10.2 Å². The van der Waals surface area contributed by atoms with Crippen molar-refractivity contribution in [3.8, 4) is 6.07 Å². The number of halogens is 1. The minimum Gasteiger partial charge on any atom is -0.325 e. The number of amides is 1. The molecule has 1 aliphatic rings. The van der Waals surface area contributed by atoms with E-state index >= 15 is 0 Å². The molecule has 1 aliphatic carbocycles. The molecule has 0 spiro atoms. The minimum atomic E-state index is -0.834. The summed E-state index contributed by atoms with van der Waals surface area (Å²) in [6, 6.07) is 7.91. The highest BCUT2D eigenvalue weighted by Gasteiger charge is 2.39. The van der Waals surface area contributed by atoms with Crippen LogP contribution in [0.25, 0.3) is 0 Å². The normalized spacial score (nSPS) is 17.5. The number of aryl methyl sites for hydroxylation is 1. The summed E-state index contributed by atoms with van der Waals surface area (Å²) in [5.41, 5.74) is 0.984. The Balaban J connectivity index is 2.15. The van der Waals surface area contributed by atoms with Gasteiger partial charge in [-0.2, -0.15) is 5.26 Å². The zero-order chi connectivity index (χ0) is 13.9. The van der Waals surface area contributed by atoms with Crippen molar-refractivity contribution in [1.82, 2.24) is 0 Å². The first kappa shape index (κ1) is 14.1. The van der Waals surface area contributed by atoms with Crippen molar-refractivity contribution in [2.24, 2.45) is 5.41 Å². The molecule has 100 valence electrons. The second-order valence-corrected chi connectivity index (χ2v) is 6.03. The quantitative estimate of drug-likeness (QED) is 0.889. The molecule has 1 saturated carbocycles. The van der Waals surface area contributed by atoms with Gasteiger partial charge < -0.3 is 5.32 Å². The van der Waals surface area contributed by atoms with Crippen molar-refractivity contribution in [1.29, 1.82) is 5.26 Å². The van der Waals surface area contributed by atoms with Crippen LogP contribution < -0.4 is 5.32 Å². The number of hydrogen-bond donors (Lipinski definition) is 1. The van der Waals surface area contributed by atoms with Gasteiger partial charge in [-0.05, 0) is 43.5 Å². The average molecular weight is 321 g/mol. The van der Waals surface area contributed by atoms with Crippen molar-refractivity contribution in [2.75, 3.05) is 5.32 Å². The molecular weight excluding hydrogens is 304 g/mol. The molecule has 0 aliphatic heterocycles. The van der Waals surface area contributed by atoms with E-state index in [1.165, 1.54) is 0 Å². The first-order valence-corrected chi connectivity index (χ1v) is 7.35. The van der Waals surface area contributed by atoms with Gasteiger partial charge in [-0.15, -0.1) is 0 Å². The average Bonchev–Trinajstić information content (AvgIpc) is 2.43. The zero-order valence-electron chi connectivity index (χ0n) is 11.0. The van der Waals surface area contributed by atoms with E-state index in [-0.39, 0.29) is 5.91 Å². The number of anilines is 1. The van der Waals surface area contributed by atoms with Crippen LogP contribution in [-0.4, -0.2) is 5.91 Å². The summed E-state index contributed by atoms with van der Waals surface area (Å²) in [5, 5.41) is 12.3. The molecular formula is C15H17BrN2O. The van der Waals surface area contributed by atoms with Crippen LogP contribution in [0, 0.1) is 23.7 Å². The van der Waals surface area contributed by atoms with Crippen molar-refractivity contribution in [2.45, 2.75) is 39.0 Å². The SMILES string of the molecule is Cc1cc(NC(=O)C2(C#N)CCCCC2)ccc1Br. The Labute approximate surface area is 122 Å². The summed E-state index contributed by atoms with van der Waals surface area (Å²) in [6.07, 6.45) is 4.38. The zero-order valence-corrected chi connectivity index (χ0v) is 12.6. The van der Waals surface area contributed by atoms with Crippen LogP contribution in [0.1, 0.15) is 37.7 Å². The van der Waals surface area contributed by atoms with E-state index in [1.54, 1.807) is 0 Å². The summed E-state index contributed by atoms with van der Waals surface area (Å²) in [5.74, 6) is -0.156. The molecule has 1 N–H and O–H groups in total. The fourth-order valence-corrected chi connectivity index (χ4v) is 2.76. The van der Waals surface area contributed by atoms with Crippen molar-refractivity contribution in [3.05, 3.63) is 28.2 Å². The van der Waals surface area contributed by atoms with E-state index in [4.69, 9.17) is 0 Å². The Hall–Kier alpha value is -1.34. The van der Waals surface area contributed by atoms with Gasteiger partial charge in [-0.3, -0.25) is 4.79 Å². The summed E-state index contributed by atoms with van der Waals surface area (Å²) in [7, 11) is 0. The molecule has 19 heavy (non-hydrogen) atoms. The lowest BCUT2D eigenvalue weighted by Crippen LogP contribution is -2.36. The van der Waals surface area contributed by atoms with Crippen molar-refractivity contribution in [3.63, 3.8) is 0 Å². The Morgan fingerprint density at radius 2 is 2.05 bits per heavy atom. The fourth-order valence-electron chi connectivity index (χ4n) is 2.52. The number of rotatable bonds is 2. The number of nitriles is 1. The van der Waals surface area contributed by atoms with Crippen LogP contribution in [0.5, 0.6) is 0 Å². The summed E-state index contributed by atoms with van der Waals surface area (Å²) in [4.78, 5) is 12.4. The molecule has 2 rings (SSSR count). The lowest BCUT2D eigenvalue weighted by molar-refractivity contribution is -0.124. The van der Waals surface area contributed by atoms with E-state index in [0.29, 0.717) is 12.8 Å². The first-order valence-electron chi connectivity index (χ1n) is 6.56. The largest absolute Gasteiger partial charge is 0.325 e. The highest BCUT2D eigenvalue weighted by molar-refractivity contribution is 9.10. The number of nitrogens with one attached hydrogen (secondary N) is 1. The molecule has 1 aromatic rings. The van der Waals surface area contributed by atoms with E-state index in [2.05, 4.69) is 27.3 Å². The van der Waals surface area contributed by atoms with Crippen LogP contribution in [-0.2, 0) is 4.79 Å². The van der Waals surface area contributed by atoms with Crippen LogP contribution in [0.2, 0.25) is 0 Å². The second kappa shape index (κ2) is 5.75. The minimum absolute atomic E-state index is 0.156. The highest BCUT2D eigenvalue weighted by atomic mass is 79.9. The number of carbonyl (C=O) groups is 1. The van der Waals surface area contributed by atoms with Gasteiger partial charge in [0.05, 0.1) is 6.07 Å². The van der Waals surface area contributed by atoms with E-state index in [0.717, 1.165) is 35.0 Å². The number of carbonyl (C=O) groups excluding carboxylic acids is 1. The predicted octanol–water partition coefficient (Wildman–Crippen LogP) is 4.17. The second-order valence-electron chi connectivity index (χ2n) is 5.17. The maximum atomic E-state index is 12.4. The molecule has 0 radical (unpaired) electrons. The van der Waals surface area contributed by atoms with Crippen molar-refractivity contribution >= 4 is 27.5 Å². The Morgan fingerprint density at radius 1 is 1.37 bits per heavy atom. The Kier molecular flexibility index (Phi) is 4.26. The van der Waals surface area contributed by atoms with Crippen LogP contribution >= 0.6 is 15.9 Å². The number of nitrogens with zero attached hydrogens (tertiary/aromatic N) is 1. The van der Waals surface area contributed by atoms with Crippen LogP contribution in [0.15, 0.2) is 22.7 Å². The molecule has 1 amide bonds. The van der Waals surface area contributed by atoms with Gasteiger partial charge in [0.15, 0.2) is 0 Å². The van der Waals surface area contributed by atoms with Gasteiger partial charge in [0.25, 0.3) is 0 Å². The molecule has 4 heteroatoms. The standard InChI is InChI=1S/C15H17BrN2O/c1-11-9-12(5-6-13(11)16)18-14(19)15(10-17)7-3-2-4-8-15/h5-6,9H,2-4,7-8H2,1H3,(H,18,19). The molecule has 1 fully saturated rings. The lowest BCUT2D eigenvalue weighted by Gasteiger charge is -2.29. The fraction of sp³-hybridized carbons (Fsp3) is 0.467. The molecule has 0 aromatic heterocycles.